The predicted octanol–water partition coefficient (Wildman–Crippen LogP) is 3.32. The van der Waals surface area contributed by atoms with Gasteiger partial charge < -0.3 is 9.47 Å². The van der Waals surface area contributed by atoms with Crippen molar-refractivity contribution in [3.05, 3.63) is 73.3 Å². The van der Waals surface area contributed by atoms with E-state index in [4.69, 9.17) is 23.2 Å². The lowest BCUT2D eigenvalue weighted by atomic mass is 10.2. The molecule has 0 bridgehead atoms. The Bertz CT molecular complexity index is 1480. The molecule has 2 aromatic carbocycles. The van der Waals surface area contributed by atoms with Crippen molar-refractivity contribution in [2.75, 3.05) is 37.6 Å². The molecule has 1 aliphatic rings. The van der Waals surface area contributed by atoms with Crippen LogP contribution < -0.4 is 16.1 Å². The second-order valence-corrected chi connectivity index (χ2v) is 9.31. The quantitative estimate of drug-likeness (QED) is 0.444. The van der Waals surface area contributed by atoms with E-state index in [-0.39, 0.29) is 11.2 Å². The van der Waals surface area contributed by atoms with Gasteiger partial charge in [0.05, 0.1) is 21.1 Å². The number of hydrogen-bond acceptors (Lipinski definition) is 4. The number of anilines is 1. The Morgan fingerprint density at radius 3 is 2.27 bits per heavy atom. The molecule has 4 aromatic rings. The predicted molar refractivity (Wildman–Crippen MR) is 135 cm³/mol. The molecular formula is C24H25Cl2N5O2. The number of fused-ring (bicyclic) bond motifs is 3. The standard InChI is InChI=1S/C24H25Cl2N5O2/c1-27-20-6-4-3-5-17(20)21-22(27)23(32)31(24(33)28(21)2)14-11-29-9-12-30(13-10-29)16-7-8-18(25)19(26)15-16/h3-8,15H,9-14H2,1-2H3. The summed E-state index contributed by atoms with van der Waals surface area (Å²) in [5.74, 6) is 0. The summed E-state index contributed by atoms with van der Waals surface area (Å²) in [7, 11) is 3.62. The van der Waals surface area contributed by atoms with Gasteiger partial charge in [-0.2, -0.15) is 0 Å². The maximum atomic E-state index is 13.3. The average molecular weight is 486 g/mol. The molecule has 1 fully saturated rings. The van der Waals surface area contributed by atoms with Gasteiger partial charge in [0.15, 0.2) is 0 Å². The summed E-state index contributed by atoms with van der Waals surface area (Å²) in [5.41, 5.74) is 2.73. The number of aryl methyl sites for hydroxylation is 2. The number of nitrogens with zero attached hydrogens (tertiary/aromatic N) is 5. The van der Waals surface area contributed by atoms with Crippen molar-refractivity contribution in [1.82, 2.24) is 18.6 Å². The molecule has 172 valence electrons. The summed E-state index contributed by atoms with van der Waals surface area (Å²) in [6.45, 7) is 4.35. The van der Waals surface area contributed by atoms with Gasteiger partial charge in [-0.05, 0) is 24.3 Å². The van der Waals surface area contributed by atoms with Crippen molar-refractivity contribution in [2.45, 2.75) is 6.54 Å². The van der Waals surface area contributed by atoms with Crippen LogP contribution in [0.2, 0.25) is 10.0 Å². The summed E-state index contributed by atoms with van der Waals surface area (Å²) in [5, 5.41) is 2.02. The van der Waals surface area contributed by atoms with Crippen LogP contribution in [0.25, 0.3) is 21.9 Å². The van der Waals surface area contributed by atoms with Gasteiger partial charge in [-0.1, -0.05) is 41.4 Å². The van der Waals surface area contributed by atoms with Gasteiger partial charge in [0.25, 0.3) is 5.56 Å². The highest BCUT2D eigenvalue weighted by molar-refractivity contribution is 6.42. The number of benzene rings is 2. The molecule has 3 heterocycles. The van der Waals surface area contributed by atoms with Crippen LogP contribution in [0.3, 0.4) is 0 Å². The molecule has 0 N–H and O–H groups in total. The van der Waals surface area contributed by atoms with E-state index in [0.717, 1.165) is 42.8 Å². The smallest absolute Gasteiger partial charge is 0.331 e. The van der Waals surface area contributed by atoms with Crippen molar-refractivity contribution in [1.29, 1.82) is 0 Å². The number of para-hydroxylation sites is 1. The van der Waals surface area contributed by atoms with E-state index in [0.29, 0.717) is 34.2 Å². The highest BCUT2D eigenvalue weighted by Gasteiger charge is 2.21. The number of hydrogen-bond donors (Lipinski definition) is 0. The van der Waals surface area contributed by atoms with Crippen LogP contribution in [0, 0.1) is 0 Å². The van der Waals surface area contributed by atoms with Crippen molar-refractivity contribution in [3.63, 3.8) is 0 Å². The third kappa shape index (κ3) is 3.74. The molecule has 0 unspecified atom stereocenters. The van der Waals surface area contributed by atoms with E-state index in [1.165, 1.54) is 4.57 Å². The fourth-order valence-corrected chi connectivity index (χ4v) is 5.09. The van der Waals surface area contributed by atoms with Crippen molar-refractivity contribution in [3.8, 4) is 0 Å². The first-order valence-electron chi connectivity index (χ1n) is 11.0. The zero-order valence-corrected chi connectivity index (χ0v) is 20.1. The second-order valence-electron chi connectivity index (χ2n) is 8.50. The molecule has 0 saturated carbocycles. The monoisotopic (exact) mass is 485 g/mol. The molecule has 33 heavy (non-hydrogen) atoms. The van der Waals surface area contributed by atoms with E-state index in [2.05, 4.69) is 9.80 Å². The summed E-state index contributed by atoms with van der Waals surface area (Å²) in [4.78, 5) is 31.0. The summed E-state index contributed by atoms with van der Waals surface area (Å²) >= 11 is 12.2. The molecule has 0 aliphatic carbocycles. The van der Waals surface area contributed by atoms with Crippen molar-refractivity contribution >= 4 is 50.8 Å². The minimum Gasteiger partial charge on any atom is -0.369 e. The lowest BCUT2D eigenvalue weighted by molar-refractivity contribution is 0.245. The molecule has 9 heteroatoms. The Morgan fingerprint density at radius 2 is 1.55 bits per heavy atom. The van der Waals surface area contributed by atoms with Crippen LogP contribution in [-0.4, -0.2) is 51.3 Å². The maximum Gasteiger partial charge on any atom is 0.331 e. The van der Waals surface area contributed by atoms with Crippen LogP contribution in [0.15, 0.2) is 52.1 Å². The third-order valence-corrected chi connectivity index (χ3v) is 7.40. The topological polar surface area (TPSA) is 55.4 Å². The van der Waals surface area contributed by atoms with Gasteiger partial charge in [0.1, 0.15) is 5.52 Å². The fraction of sp³-hybridized carbons (Fsp3) is 0.333. The Morgan fingerprint density at radius 1 is 0.818 bits per heavy atom. The molecular weight excluding hydrogens is 461 g/mol. The van der Waals surface area contributed by atoms with Gasteiger partial charge in [0, 0.05) is 64.4 Å². The summed E-state index contributed by atoms with van der Waals surface area (Å²) in [6, 6.07) is 13.5. The molecule has 7 nitrogen and oxygen atoms in total. The number of halogens is 2. The minimum absolute atomic E-state index is 0.235. The Kier molecular flexibility index (Phi) is 5.72. The van der Waals surface area contributed by atoms with E-state index in [1.54, 1.807) is 11.6 Å². The van der Waals surface area contributed by atoms with Crippen LogP contribution in [0.5, 0.6) is 0 Å². The Labute approximate surface area is 200 Å². The minimum atomic E-state index is -0.279. The Hall–Kier alpha value is -2.74. The average Bonchev–Trinajstić information content (AvgIpc) is 3.13. The lowest BCUT2D eigenvalue weighted by Crippen LogP contribution is -2.49. The molecule has 1 aliphatic heterocycles. The van der Waals surface area contributed by atoms with Crippen LogP contribution in [0.4, 0.5) is 5.69 Å². The van der Waals surface area contributed by atoms with Gasteiger partial charge in [-0.15, -0.1) is 0 Å². The molecule has 0 amide bonds. The van der Waals surface area contributed by atoms with Gasteiger partial charge in [-0.3, -0.25) is 18.8 Å². The van der Waals surface area contributed by atoms with Crippen molar-refractivity contribution < 1.29 is 0 Å². The summed E-state index contributed by atoms with van der Waals surface area (Å²) in [6.07, 6.45) is 0. The van der Waals surface area contributed by atoms with E-state index >= 15 is 0 Å². The molecule has 0 spiro atoms. The van der Waals surface area contributed by atoms with Crippen LogP contribution >= 0.6 is 23.2 Å². The highest BCUT2D eigenvalue weighted by atomic mass is 35.5. The molecule has 2 aromatic heterocycles. The lowest BCUT2D eigenvalue weighted by Gasteiger charge is -2.36. The zero-order valence-electron chi connectivity index (χ0n) is 18.6. The molecule has 0 radical (unpaired) electrons. The normalized spacial score (nSPS) is 15.1. The van der Waals surface area contributed by atoms with E-state index < -0.39 is 0 Å². The first-order valence-corrected chi connectivity index (χ1v) is 11.7. The van der Waals surface area contributed by atoms with Gasteiger partial charge in [0.2, 0.25) is 0 Å². The van der Waals surface area contributed by atoms with Crippen LogP contribution in [-0.2, 0) is 20.6 Å². The molecule has 5 rings (SSSR count). The van der Waals surface area contributed by atoms with Crippen LogP contribution in [0.1, 0.15) is 0 Å². The number of rotatable bonds is 4. The van der Waals surface area contributed by atoms with Gasteiger partial charge >= 0.3 is 5.69 Å². The molecule has 1 saturated heterocycles. The highest BCUT2D eigenvalue weighted by Crippen LogP contribution is 2.28. The van der Waals surface area contributed by atoms with E-state index in [9.17, 15) is 9.59 Å². The first kappa shape index (κ1) is 22.1. The van der Waals surface area contributed by atoms with Crippen molar-refractivity contribution in [2.24, 2.45) is 14.1 Å². The SMILES string of the molecule is Cn1c(=O)n(CCN2CCN(c3ccc(Cl)c(Cl)c3)CC2)c(=O)c2c1c1ccccc1n2C. The maximum absolute atomic E-state index is 13.3. The number of aromatic nitrogens is 3. The Balaban J connectivity index is 1.36. The fourth-order valence-electron chi connectivity index (χ4n) is 4.80. The largest absolute Gasteiger partial charge is 0.369 e. The third-order valence-electron chi connectivity index (χ3n) is 6.66. The number of piperazine rings is 1. The molecule has 0 atom stereocenters. The zero-order chi connectivity index (χ0) is 23.3. The second kappa shape index (κ2) is 8.56. The summed E-state index contributed by atoms with van der Waals surface area (Å²) < 4.78 is 4.85. The van der Waals surface area contributed by atoms with E-state index in [1.807, 2.05) is 54.1 Å². The first-order chi connectivity index (χ1) is 15.9. The van der Waals surface area contributed by atoms with Gasteiger partial charge in [-0.25, -0.2) is 4.79 Å².